The van der Waals surface area contributed by atoms with Gasteiger partial charge in [0, 0.05) is 18.7 Å². The van der Waals surface area contributed by atoms with Crippen LogP contribution in [0.1, 0.15) is 42.5 Å². The maximum Gasteiger partial charge on any atom is 0.342 e. The molecular formula is C30H33N2O6P. The molecule has 0 aliphatic rings. The second-order valence-electron chi connectivity index (χ2n) is 9.47. The van der Waals surface area contributed by atoms with Gasteiger partial charge in [-0.2, -0.15) is 0 Å². The lowest BCUT2D eigenvalue weighted by Crippen LogP contribution is -2.23. The molecule has 0 spiro atoms. The summed E-state index contributed by atoms with van der Waals surface area (Å²) in [6.45, 7) is 1.16. The van der Waals surface area contributed by atoms with Crippen LogP contribution in [0.2, 0.25) is 0 Å². The van der Waals surface area contributed by atoms with Crippen LogP contribution in [0.4, 0.5) is 5.69 Å². The molecular weight excluding hydrogens is 515 g/mol. The molecule has 204 valence electrons. The molecule has 9 heteroatoms. The van der Waals surface area contributed by atoms with E-state index in [2.05, 4.69) is 15.4 Å². The number of esters is 1. The number of nitrogens with one attached hydrogen (secondary N) is 2. The zero-order valence-electron chi connectivity index (χ0n) is 21.8. The number of ether oxygens (including phenoxy) is 1. The zero-order valence-corrected chi connectivity index (χ0v) is 22.7. The molecule has 4 aromatic rings. The maximum atomic E-state index is 13.6. The fourth-order valence-electron chi connectivity index (χ4n) is 4.74. The summed E-state index contributed by atoms with van der Waals surface area (Å²) in [7, 11) is -3.48. The summed E-state index contributed by atoms with van der Waals surface area (Å²) in [5, 5.41) is 9.51. The fraction of sp³-hybridized carbons (Fsp3) is 0.267. The highest BCUT2D eigenvalue weighted by molar-refractivity contribution is 7.53. The summed E-state index contributed by atoms with van der Waals surface area (Å²) in [6.07, 6.45) is 2.89. The van der Waals surface area contributed by atoms with Crippen molar-refractivity contribution in [1.29, 1.82) is 0 Å². The molecule has 8 nitrogen and oxygen atoms in total. The minimum atomic E-state index is -4.87. The van der Waals surface area contributed by atoms with Gasteiger partial charge < -0.3 is 25.2 Å². The molecule has 0 bridgehead atoms. The summed E-state index contributed by atoms with van der Waals surface area (Å²) < 4.78 is 17.3. The lowest BCUT2D eigenvalue weighted by molar-refractivity contribution is -0.140. The zero-order chi connectivity index (χ0) is 27.8. The number of anilines is 1. The predicted molar refractivity (Wildman–Crippen MR) is 154 cm³/mol. The summed E-state index contributed by atoms with van der Waals surface area (Å²) in [4.78, 5) is 45.4. The first kappa shape index (κ1) is 28.5. The molecule has 0 aliphatic heterocycles. The highest BCUT2D eigenvalue weighted by Crippen LogP contribution is 2.53. The molecule has 4 rings (SSSR count). The third-order valence-electron chi connectivity index (χ3n) is 6.71. The minimum absolute atomic E-state index is 0.211. The normalized spacial score (nSPS) is 12.4. The van der Waals surface area contributed by atoms with E-state index in [9.17, 15) is 23.9 Å². The number of carbonyl (C=O) groups excluding carboxylic acids is 2. The molecule has 0 radical (unpaired) electrons. The van der Waals surface area contributed by atoms with Gasteiger partial charge in [0.25, 0.3) is 0 Å². The van der Waals surface area contributed by atoms with Crippen LogP contribution >= 0.6 is 7.60 Å². The molecule has 4 aromatic carbocycles. The first-order valence-corrected chi connectivity index (χ1v) is 14.6. The second-order valence-corrected chi connectivity index (χ2v) is 11.2. The van der Waals surface area contributed by atoms with Crippen LogP contribution in [0.3, 0.4) is 0 Å². The van der Waals surface area contributed by atoms with E-state index < -0.39 is 19.2 Å². The molecule has 0 saturated carbocycles. The van der Waals surface area contributed by atoms with E-state index in [1.165, 1.54) is 7.11 Å². The molecule has 0 aromatic heterocycles. The number of fused-ring (bicyclic) bond motifs is 2. The third-order valence-corrected chi connectivity index (χ3v) is 7.90. The minimum Gasteiger partial charge on any atom is -0.469 e. The van der Waals surface area contributed by atoms with Crippen LogP contribution in [0.5, 0.6) is 0 Å². The number of amides is 1. The van der Waals surface area contributed by atoms with Crippen LogP contribution in [0.25, 0.3) is 21.5 Å². The van der Waals surface area contributed by atoms with Crippen molar-refractivity contribution in [3.63, 3.8) is 0 Å². The van der Waals surface area contributed by atoms with Crippen molar-refractivity contribution in [3.8, 4) is 0 Å². The average Bonchev–Trinajstić information content (AvgIpc) is 2.92. The monoisotopic (exact) mass is 548 g/mol. The summed E-state index contributed by atoms with van der Waals surface area (Å²) in [6, 6.07) is 23.9. The summed E-state index contributed by atoms with van der Waals surface area (Å²) in [5.41, 5.74) is -0.0772. The Kier molecular flexibility index (Phi) is 9.49. The molecule has 1 amide bonds. The van der Waals surface area contributed by atoms with Crippen LogP contribution in [-0.2, 0) is 25.4 Å². The van der Waals surface area contributed by atoms with E-state index in [0.29, 0.717) is 30.6 Å². The maximum absolute atomic E-state index is 13.6. The van der Waals surface area contributed by atoms with Crippen molar-refractivity contribution >= 4 is 46.7 Å². The van der Waals surface area contributed by atoms with Gasteiger partial charge in [-0.25, -0.2) is 0 Å². The number of hydrogen-bond donors (Lipinski definition) is 4. The van der Waals surface area contributed by atoms with E-state index >= 15 is 0 Å². The van der Waals surface area contributed by atoms with Crippen molar-refractivity contribution in [2.45, 2.75) is 37.9 Å². The molecule has 39 heavy (non-hydrogen) atoms. The smallest absolute Gasteiger partial charge is 0.342 e. The molecule has 0 aliphatic carbocycles. The van der Waals surface area contributed by atoms with Gasteiger partial charge >= 0.3 is 13.6 Å². The van der Waals surface area contributed by atoms with Gasteiger partial charge in [0.05, 0.1) is 7.11 Å². The summed E-state index contributed by atoms with van der Waals surface area (Å²) >= 11 is 0. The van der Waals surface area contributed by atoms with Crippen molar-refractivity contribution < 1.29 is 28.7 Å². The molecule has 0 saturated heterocycles. The van der Waals surface area contributed by atoms with Crippen LogP contribution in [-0.4, -0.2) is 35.3 Å². The predicted octanol–water partition coefficient (Wildman–Crippen LogP) is 5.67. The SMILES string of the molecule is COC(=O)CCCCCNCc1cc2ccccc2cc1NC(=O)C(c1cccc2ccccc12)P(=O)(O)O. The van der Waals surface area contributed by atoms with E-state index in [0.717, 1.165) is 41.0 Å². The van der Waals surface area contributed by atoms with Gasteiger partial charge in [-0.1, -0.05) is 73.2 Å². The standard InChI is InChI=1S/C30H33N2O6P/c1-38-28(33)16-3-2-8-17-31-20-24-18-22-11-4-5-12-23(22)19-27(24)32-30(34)29(39(35,36)37)26-15-9-13-21-10-6-7-14-25(21)26/h4-7,9-15,18-19,29,31H,2-3,8,16-17,20H2,1H3,(H,32,34)(H2,35,36,37). The fourth-order valence-corrected chi connectivity index (χ4v) is 5.69. The Bertz CT molecular complexity index is 1510. The van der Waals surface area contributed by atoms with Crippen LogP contribution in [0.15, 0.2) is 78.9 Å². The highest BCUT2D eigenvalue weighted by atomic mass is 31.2. The van der Waals surface area contributed by atoms with Gasteiger partial charge in [0.1, 0.15) is 0 Å². The largest absolute Gasteiger partial charge is 0.469 e. The molecule has 0 fully saturated rings. The number of rotatable bonds is 12. The van der Waals surface area contributed by atoms with Crippen molar-refractivity contribution in [2.24, 2.45) is 0 Å². The average molecular weight is 549 g/mol. The Morgan fingerprint density at radius 3 is 2.26 bits per heavy atom. The number of unbranched alkanes of at least 4 members (excludes halogenated alkanes) is 2. The quantitative estimate of drug-likeness (QED) is 0.102. The number of carbonyl (C=O) groups is 2. The van der Waals surface area contributed by atoms with E-state index in [1.54, 1.807) is 24.3 Å². The van der Waals surface area contributed by atoms with Gasteiger partial charge in [0.2, 0.25) is 5.91 Å². The molecule has 1 atom stereocenters. The Balaban J connectivity index is 1.55. The molecule has 4 N–H and O–H groups in total. The van der Waals surface area contributed by atoms with E-state index in [-0.39, 0.29) is 11.5 Å². The first-order chi connectivity index (χ1) is 18.8. The molecule has 1 unspecified atom stereocenters. The van der Waals surface area contributed by atoms with E-state index in [4.69, 9.17) is 0 Å². The topological polar surface area (TPSA) is 125 Å². The second kappa shape index (κ2) is 13.0. The molecule has 0 heterocycles. The first-order valence-electron chi connectivity index (χ1n) is 12.9. The lowest BCUT2D eigenvalue weighted by atomic mass is 10.0. The van der Waals surface area contributed by atoms with Gasteiger partial charge in [-0.3, -0.25) is 14.2 Å². The number of benzene rings is 4. The van der Waals surface area contributed by atoms with Gasteiger partial charge in [-0.05, 0) is 64.2 Å². The number of methoxy groups -OCH3 is 1. The van der Waals surface area contributed by atoms with Crippen molar-refractivity contribution in [1.82, 2.24) is 5.32 Å². The Morgan fingerprint density at radius 1 is 0.872 bits per heavy atom. The van der Waals surface area contributed by atoms with Gasteiger partial charge in [0.15, 0.2) is 5.66 Å². The Hall–Kier alpha value is -3.55. The highest BCUT2D eigenvalue weighted by Gasteiger charge is 2.38. The van der Waals surface area contributed by atoms with Crippen LogP contribution in [0, 0.1) is 0 Å². The van der Waals surface area contributed by atoms with Crippen molar-refractivity contribution in [3.05, 3.63) is 90.0 Å². The number of hydrogen-bond acceptors (Lipinski definition) is 5. The summed E-state index contributed by atoms with van der Waals surface area (Å²) in [5.74, 6) is -0.976. The van der Waals surface area contributed by atoms with Gasteiger partial charge in [-0.15, -0.1) is 0 Å². The van der Waals surface area contributed by atoms with Crippen LogP contribution < -0.4 is 10.6 Å². The van der Waals surface area contributed by atoms with E-state index in [1.807, 2.05) is 54.6 Å². The Morgan fingerprint density at radius 2 is 1.54 bits per heavy atom. The van der Waals surface area contributed by atoms with Crippen molar-refractivity contribution in [2.75, 3.05) is 19.0 Å². The third kappa shape index (κ3) is 7.31. The lowest BCUT2D eigenvalue weighted by Gasteiger charge is -2.21. The Labute approximate surface area is 227 Å².